The van der Waals surface area contributed by atoms with Gasteiger partial charge >= 0.3 is 0 Å². The average Bonchev–Trinajstić information content (AvgIpc) is 2.32. The molecule has 1 heterocycles. The molecule has 2 rings (SSSR count). The van der Waals surface area contributed by atoms with Gasteiger partial charge in [0.2, 0.25) is 0 Å². The summed E-state index contributed by atoms with van der Waals surface area (Å²) in [5.74, 6) is 0.304. The molecule has 4 nitrogen and oxygen atoms in total. The number of hydrogen-bond acceptors (Lipinski definition) is 3. The SMILES string of the molecule is COc1ccc(N2CCCC(O)C2=O)cc1Cl. The van der Waals surface area contributed by atoms with Gasteiger partial charge in [0.25, 0.3) is 5.91 Å². The van der Waals surface area contributed by atoms with Crippen molar-refractivity contribution in [3.63, 3.8) is 0 Å². The number of piperidine rings is 1. The van der Waals surface area contributed by atoms with Crippen molar-refractivity contribution in [2.24, 2.45) is 0 Å². The standard InChI is InChI=1S/C12H14ClNO3/c1-17-11-5-4-8(7-9(11)13)14-6-2-3-10(15)12(14)16/h4-5,7,10,15H,2-3,6H2,1H3. The van der Waals surface area contributed by atoms with E-state index in [9.17, 15) is 9.90 Å². The van der Waals surface area contributed by atoms with Gasteiger partial charge in [0.05, 0.1) is 12.1 Å². The average molecular weight is 256 g/mol. The number of amides is 1. The number of carbonyl (C=O) groups is 1. The van der Waals surface area contributed by atoms with Crippen LogP contribution < -0.4 is 9.64 Å². The van der Waals surface area contributed by atoms with E-state index in [0.29, 0.717) is 29.4 Å². The van der Waals surface area contributed by atoms with E-state index in [1.807, 2.05) is 0 Å². The van der Waals surface area contributed by atoms with E-state index < -0.39 is 6.10 Å². The summed E-state index contributed by atoms with van der Waals surface area (Å²) in [6, 6.07) is 5.16. The van der Waals surface area contributed by atoms with Gasteiger partial charge in [0, 0.05) is 12.2 Å². The number of aliphatic hydroxyl groups is 1. The van der Waals surface area contributed by atoms with Crippen molar-refractivity contribution in [3.8, 4) is 5.75 Å². The van der Waals surface area contributed by atoms with Crippen molar-refractivity contribution in [1.29, 1.82) is 0 Å². The summed E-state index contributed by atoms with van der Waals surface area (Å²) in [5.41, 5.74) is 0.694. The Balaban J connectivity index is 2.27. The van der Waals surface area contributed by atoms with Gasteiger partial charge in [0.1, 0.15) is 11.9 Å². The molecule has 1 N–H and O–H groups in total. The molecule has 0 spiro atoms. The maximum atomic E-state index is 11.8. The van der Waals surface area contributed by atoms with Crippen LogP contribution in [0.2, 0.25) is 5.02 Å². The van der Waals surface area contributed by atoms with E-state index in [1.165, 1.54) is 7.11 Å². The first kappa shape index (κ1) is 12.2. The summed E-state index contributed by atoms with van der Waals surface area (Å²) in [4.78, 5) is 13.3. The third-order valence-corrected chi connectivity index (χ3v) is 3.15. The summed E-state index contributed by atoms with van der Waals surface area (Å²) in [6.45, 7) is 0.610. The highest BCUT2D eigenvalue weighted by Gasteiger charge is 2.28. The van der Waals surface area contributed by atoms with Crippen molar-refractivity contribution in [3.05, 3.63) is 23.2 Å². The van der Waals surface area contributed by atoms with Crippen LogP contribution in [0.1, 0.15) is 12.8 Å². The first-order chi connectivity index (χ1) is 8.13. The van der Waals surface area contributed by atoms with Crippen LogP contribution in [0.4, 0.5) is 5.69 Å². The third kappa shape index (κ3) is 2.37. The molecule has 1 amide bonds. The Bertz CT molecular complexity index is 436. The van der Waals surface area contributed by atoms with Crippen LogP contribution in [-0.4, -0.2) is 30.8 Å². The molecule has 17 heavy (non-hydrogen) atoms. The summed E-state index contributed by atoms with van der Waals surface area (Å²) < 4.78 is 5.05. The van der Waals surface area contributed by atoms with Crippen LogP contribution in [-0.2, 0) is 4.79 Å². The second-order valence-electron chi connectivity index (χ2n) is 3.97. The van der Waals surface area contributed by atoms with Crippen LogP contribution in [0.3, 0.4) is 0 Å². The molecule has 1 aromatic rings. The fourth-order valence-corrected chi connectivity index (χ4v) is 2.19. The topological polar surface area (TPSA) is 49.8 Å². The maximum absolute atomic E-state index is 11.8. The lowest BCUT2D eigenvalue weighted by atomic mass is 10.1. The summed E-state index contributed by atoms with van der Waals surface area (Å²) in [5, 5.41) is 9.99. The Morgan fingerprint density at radius 2 is 2.29 bits per heavy atom. The van der Waals surface area contributed by atoms with Crippen LogP contribution >= 0.6 is 11.6 Å². The third-order valence-electron chi connectivity index (χ3n) is 2.86. The van der Waals surface area contributed by atoms with Gasteiger partial charge in [-0.2, -0.15) is 0 Å². The molecule has 1 unspecified atom stereocenters. The highest BCUT2D eigenvalue weighted by Crippen LogP contribution is 2.30. The highest BCUT2D eigenvalue weighted by atomic mass is 35.5. The summed E-state index contributed by atoms with van der Waals surface area (Å²) in [7, 11) is 1.54. The number of carbonyl (C=O) groups excluding carboxylic acids is 1. The quantitative estimate of drug-likeness (QED) is 0.877. The Morgan fingerprint density at radius 3 is 2.94 bits per heavy atom. The number of hydrogen-bond donors (Lipinski definition) is 1. The fourth-order valence-electron chi connectivity index (χ4n) is 1.94. The lowest BCUT2D eigenvalue weighted by molar-refractivity contribution is -0.128. The van der Waals surface area contributed by atoms with E-state index in [-0.39, 0.29) is 5.91 Å². The minimum atomic E-state index is -0.898. The minimum Gasteiger partial charge on any atom is -0.495 e. The Hall–Kier alpha value is -1.26. The minimum absolute atomic E-state index is 0.266. The highest BCUT2D eigenvalue weighted by molar-refractivity contribution is 6.32. The number of aliphatic hydroxyl groups excluding tert-OH is 1. The molecule has 5 heteroatoms. The molecule has 1 saturated heterocycles. The van der Waals surface area contributed by atoms with Crippen molar-refractivity contribution in [2.45, 2.75) is 18.9 Å². The van der Waals surface area contributed by atoms with E-state index in [0.717, 1.165) is 6.42 Å². The van der Waals surface area contributed by atoms with Crippen LogP contribution in [0.15, 0.2) is 18.2 Å². The van der Waals surface area contributed by atoms with Gasteiger partial charge in [0.15, 0.2) is 0 Å². The van der Waals surface area contributed by atoms with Crippen molar-refractivity contribution in [2.75, 3.05) is 18.6 Å². The molecular formula is C12H14ClNO3. The molecule has 0 saturated carbocycles. The van der Waals surface area contributed by atoms with Gasteiger partial charge in [-0.25, -0.2) is 0 Å². The first-order valence-electron chi connectivity index (χ1n) is 5.46. The lowest BCUT2D eigenvalue weighted by Crippen LogP contribution is -2.44. The molecule has 1 aliphatic rings. The van der Waals surface area contributed by atoms with Gasteiger partial charge < -0.3 is 14.7 Å². The zero-order valence-corrected chi connectivity index (χ0v) is 10.3. The van der Waals surface area contributed by atoms with E-state index in [2.05, 4.69) is 0 Å². The largest absolute Gasteiger partial charge is 0.495 e. The monoisotopic (exact) mass is 255 g/mol. The summed E-state index contributed by atoms with van der Waals surface area (Å²) >= 11 is 6.01. The molecule has 92 valence electrons. The van der Waals surface area contributed by atoms with Gasteiger partial charge in [-0.3, -0.25) is 4.79 Å². The fraction of sp³-hybridized carbons (Fsp3) is 0.417. The number of anilines is 1. The molecule has 1 fully saturated rings. The second kappa shape index (κ2) is 4.94. The molecule has 1 aromatic carbocycles. The number of halogens is 1. The van der Waals surface area contributed by atoms with E-state index >= 15 is 0 Å². The number of benzene rings is 1. The molecule has 1 aliphatic heterocycles. The summed E-state index contributed by atoms with van der Waals surface area (Å²) in [6.07, 6.45) is 0.417. The molecular weight excluding hydrogens is 242 g/mol. The normalized spacial score (nSPS) is 20.5. The molecule has 0 bridgehead atoms. The van der Waals surface area contributed by atoms with Crippen molar-refractivity contribution >= 4 is 23.2 Å². The first-order valence-corrected chi connectivity index (χ1v) is 5.84. The van der Waals surface area contributed by atoms with E-state index in [1.54, 1.807) is 23.1 Å². The van der Waals surface area contributed by atoms with Crippen LogP contribution in [0.5, 0.6) is 5.75 Å². The number of rotatable bonds is 2. The Morgan fingerprint density at radius 1 is 1.53 bits per heavy atom. The van der Waals surface area contributed by atoms with Crippen molar-refractivity contribution < 1.29 is 14.6 Å². The van der Waals surface area contributed by atoms with Crippen LogP contribution in [0.25, 0.3) is 0 Å². The predicted molar refractivity (Wildman–Crippen MR) is 65.6 cm³/mol. The van der Waals surface area contributed by atoms with Gasteiger partial charge in [-0.05, 0) is 31.0 Å². The second-order valence-corrected chi connectivity index (χ2v) is 4.37. The van der Waals surface area contributed by atoms with E-state index in [4.69, 9.17) is 16.3 Å². The number of nitrogens with zero attached hydrogens (tertiary/aromatic N) is 1. The smallest absolute Gasteiger partial charge is 0.255 e. The van der Waals surface area contributed by atoms with Crippen molar-refractivity contribution in [1.82, 2.24) is 0 Å². The maximum Gasteiger partial charge on any atom is 0.255 e. The Labute approximate surface area is 105 Å². The predicted octanol–water partition coefficient (Wildman–Crippen LogP) is 1.84. The molecule has 0 aliphatic carbocycles. The zero-order chi connectivity index (χ0) is 12.4. The zero-order valence-electron chi connectivity index (χ0n) is 9.52. The lowest BCUT2D eigenvalue weighted by Gasteiger charge is -2.30. The number of ether oxygens (including phenoxy) is 1. The van der Waals surface area contributed by atoms with Gasteiger partial charge in [-0.15, -0.1) is 0 Å². The molecule has 0 radical (unpaired) electrons. The molecule has 1 atom stereocenters. The van der Waals surface area contributed by atoms with Gasteiger partial charge in [-0.1, -0.05) is 11.6 Å². The number of methoxy groups -OCH3 is 1. The van der Waals surface area contributed by atoms with Crippen LogP contribution in [0, 0.1) is 0 Å². The Kier molecular flexibility index (Phi) is 3.54. The molecule has 0 aromatic heterocycles.